The Bertz CT molecular complexity index is 1990. The number of quaternary nitrogens is 1. The molecule has 0 saturated heterocycles. The molecule has 0 aliphatic heterocycles. The highest BCUT2D eigenvalue weighted by Crippen LogP contribution is 2.38. The molecular formula is C94H176NO8P. The van der Waals surface area contributed by atoms with Gasteiger partial charge in [-0.25, -0.2) is 0 Å². The van der Waals surface area contributed by atoms with E-state index in [-0.39, 0.29) is 32.0 Å². The fourth-order valence-corrected chi connectivity index (χ4v) is 14.5. The first-order valence-electron chi connectivity index (χ1n) is 45.6. The van der Waals surface area contributed by atoms with E-state index in [0.717, 1.165) is 64.2 Å². The zero-order valence-electron chi connectivity index (χ0n) is 70.0. The molecule has 2 unspecified atom stereocenters. The van der Waals surface area contributed by atoms with Crippen molar-refractivity contribution in [3.05, 3.63) is 72.9 Å². The van der Waals surface area contributed by atoms with E-state index in [9.17, 15) is 19.0 Å². The Hall–Kier alpha value is -2.55. The minimum Gasteiger partial charge on any atom is -0.756 e. The van der Waals surface area contributed by atoms with E-state index in [1.54, 1.807) is 0 Å². The van der Waals surface area contributed by atoms with Gasteiger partial charge in [-0.15, -0.1) is 0 Å². The summed E-state index contributed by atoms with van der Waals surface area (Å²) >= 11 is 0. The van der Waals surface area contributed by atoms with E-state index in [1.165, 1.54) is 366 Å². The van der Waals surface area contributed by atoms with Crippen LogP contribution in [0.1, 0.15) is 463 Å². The van der Waals surface area contributed by atoms with E-state index in [0.29, 0.717) is 17.4 Å². The van der Waals surface area contributed by atoms with Crippen LogP contribution in [0.25, 0.3) is 0 Å². The molecule has 10 heteroatoms. The van der Waals surface area contributed by atoms with Crippen LogP contribution >= 0.6 is 7.82 Å². The number of nitrogens with zero attached hydrogens (tertiary/aromatic N) is 1. The van der Waals surface area contributed by atoms with Crippen molar-refractivity contribution in [3.8, 4) is 0 Å². The van der Waals surface area contributed by atoms with E-state index in [2.05, 4.69) is 86.8 Å². The summed E-state index contributed by atoms with van der Waals surface area (Å²) in [6, 6.07) is 0. The van der Waals surface area contributed by atoms with E-state index in [1.807, 2.05) is 21.1 Å². The van der Waals surface area contributed by atoms with Crippen molar-refractivity contribution < 1.29 is 42.1 Å². The van der Waals surface area contributed by atoms with Crippen molar-refractivity contribution in [2.24, 2.45) is 0 Å². The largest absolute Gasteiger partial charge is 0.756 e. The van der Waals surface area contributed by atoms with Gasteiger partial charge in [-0.3, -0.25) is 14.2 Å². The molecule has 0 aliphatic carbocycles. The molecule has 0 saturated carbocycles. The van der Waals surface area contributed by atoms with Crippen molar-refractivity contribution in [2.75, 3.05) is 47.5 Å². The molecule has 9 nitrogen and oxygen atoms in total. The monoisotopic (exact) mass is 1480 g/mol. The summed E-state index contributed by atoms with van der Waals surface area (Å²) in [7, 11) is 1.19. The van der Waals surface area contributed by atoms with Crippen LogP contribution < -0.4 is 4.89 Å². The molecular weight excluding hydrogens is 1300 g/mol. The number of hydrogen-bond donors (Lipinski definition) is 0. The molecule has 0 heterocycles. The average Bonchev–Trinajstić information content (AvgIpc) is 0.915. The molecule has 0 N–H and O–H groups in total. The summed E-state index contributed by atoms with van der Waals surface area (Å²) < 4.78 is 34.5. The van der Waals surface area contributed by atoms with Gasteiger partial charge in [0.25, 0.3) is 7.82 Å². The van der Waals surface area contributed by atoms with Gasteiger partial charge in [-0.2, -0.15) is 0 Å². The lowest BCUT2D eigenvalue weighted by atomic mass is 10.0. The molecule has 0 bridgehead atoms. The Morgan fingerprint density at radius 3 is 0.817 bits per heavy atom. The number of carbonyl (C=O) groups excluding carboxylic acids is 2. The molecule has 0 spiro atoms. The highest BCUT2D eigenvalue weighted by molar-refractivity contribution is 7.45. The summed E-state index contributed by atoms with van der Waals surface area (Å²) in [6.45, 7) is 4.20. The van der Waals surface area contributed by atoms with Crippen LogP contribution in [0.3, 0.4) is 0 Å². The molecule has 0 aromatic carbocycles. The highest BCUT2D eigenvalue weighted by atomic mass is 31.2. The molecule has 0 amide bonds. The van der Waals surface area contributed by atoms with Crippen molar-refractivity contribution in [2.45, 2.75) is 469 Å². The van der Waals surface area contributed by atoms with Crippen molar-refractivity contribution in [3.63, 3.8) is 0 Å². The number of likely N-dealkylation sites (N-methyl/N-ethyl adjacent to an activating group) is 1. The van der Waals surface area contributed by atoms with Gasteiger partial charge >= 0.3 is 11.9 Å². The van der Waals surface area contributed by atoms with Gasteiger partial charge < -0.3 is 27.9 Å². The minimum absolute atomic E-state index is 0.0279. The van der Waals surface area contributed by atoms with Crippen LogP contribution in [0.4, 0.5) is 0 Å². The van der Waals surface area contributed by atoms with Gasteiger partial charge in [-0.1, -0.05) is 440 Å². The van der Waals surface area contributed by atoms with E-state index >= 15 is 0 Å². The average molecular weight is 1480 g/mol. The third-order valence-corrected chi connectivity index (χ3v) is 21.7. The topological polar surface area (TPSA) is 111 Å². The first-order valence-corrected chi connectivity index (χ1v) is 47.1. The van der Waals surface area contributed by atoms with Crippen LogP contribution in [-0.2, 0) is 32.7 Å². The van der Waals surface area contributed by atoms with Crippen molar-refractivity contribution >= 4 is 19.8 Å². The molecule has 0 radical (unpaired) electrons. The maximum Gasteiger partial charge on any atom is 0.306 e. The lowest BCUT2D eigenvalue weighted by molar-refractivity contribution is -0.870. The summed E-state index contributed by atoms with van der Waals surface area (Å²) in [6.07, 6.45) is 117. The Morgan fingerprint density at radius 1 is 0.308 bits per heavy atom. The number of allylic oxidation sites excluding steroid dienone is 12. The van der Waals surface area contributed by atoms with Crippen LogP contribution in [0, 0.1) is 0 Å². The molecule has 104 heavy (non-hydrogen) atoms. The second-order valence-electron chi connectivity index (χ2n) is 32.3. The summed E-state index contributed by atoms with van der Waals surface area (Å²) in [5.74, 6) is -0.806. The van der Waals surface area contributed by atoms with Gasteiger partial charge in [0, 0.05) is 12.8 Å². The Labute approximate surface area is 648 Å². The SMILES string of the molecule is CC/C=C\C/C=C\C/C=C\C/C=C\CCCCCCCCCCCCCCCCCCCCCCCCCCCCC(=O)OC(COC(=O)CCCCCCCCCCCCCCCCCCCCCCCCCCCCCCC/C=C\C/C=C\CCCCCCC)COP(=O)([O-])OCC[N+](C)(C)C. The van der Waals surface area contributed by atoms with Gasteiger partial charge in [-0.05, 0) is 83.5 Å². The zero-order chi connectivity index (χ0) is 75.4. The molecule has 0 fully saturated rings. The number of carbonyl (C=O) groups is 2. The summed E-state index contributed by atoms with van der Waals surface area (Å²) in [4.78, 5) is 38.3. The fraction of sp³-hybridized carbons (Fsp3) is 0.851. The third kappa shape index (κ3) is 88.4. The number of esters is 2. The molecule has 0 aromatic rings. The second kappa shape index (κ2) is 84.5. The highest BCUT2D eigenvalue weighted by Gasteiger charge is 2.22. The second-order valence-corrected chi connectivity index (χ2v) is 33.7. The van der Waals surface area contributed by atoms with Crippen LogP contribution in [0.15, 0.2) is 72.9 Å². The Morgan fingerprint density at radius 2 is 0.548 bits per heavy atom. The van der Waals surface area contributed by atoms with Crippen LogP contribution in [-0.4, -0.2) is 70.0 Å². The predicted molar refractivity (Wildman–Crippen MR) is 453 cm³/mol. The number of phosphoric acid groups is 1. The normalized spacial score (nSPS) is 13.2. The van der Waals surface area contributed by atoms with Crippen molar-refractivity contribution in [1.82, 2.24) is 0 Å². The smallest absolute Gasteiger partial charge is 0.306 e. The number of ether oxygens (including phenoxy) is 2. The molecule has 0 aromatic heterocycles. The standard InChI is InChI=1S/C94H176NO8P/c1-6-8-10-12-14-16-18-20-22-24-26-28-30-32-34-36-38-40-42-44-46-47-49-50-52-54-56-58-60-62-64-66-68-70-72-74-76-78-80-82-84-86-93(96)100-90-92(91-102-104(98,99)101-89-88-95(3,4)5)103-94(97)87-85-83-81-79-77-75-73-71-69-67-65-63-61-59-57-55-53-51-48-45-43-41-39-37-35-33-31-29-27-25-23-21-19-17-15-13-11-9-7-2/h9,11,15,17-18,20-21,23-24,26-27,29,92H,6-8,10,12-14,16,19,22,25,28,30-91H2,1-5H3/b11-9-,17-15-,20-18-,23-21-,26-24-,29-27-. The minimum atomic E-state index is -4.65. The zero-order valence-corrected chi connectivity index (χ0v) is 70.9. The summed E-state index contributed by atoms with van der Waals surface area (Å²) in [5.41, 5.74) is 0. The third-order valence-electron chi connectivity index (χ3n) is 20.7. The van der Waals surface area contributed by atoms with Gasteiger partial charge in [0.05, 0.1) is 27.7 Å². The first kappa shape index (κ1) is 101. The van der Waals surface area contributed by atoms with Crippen LogP contribution in [0.2, 0.25) is 0 Å². The fourth-order valence-electron chi connectivity index (χ4n) is 13.8. The Balaban J connectivity index is 3.83. The Kier molecular flexibility index (Phi) is 82.4. The number of rotatable bonds is 86. The first-order chi connectivity index (χ1) is 51.0. The lowest BCUT2D eigenvalue weighted by Crippen LogP contribution is -2.37. The molecule has 2 atom stereocenters. The summed E-state index contributed by atoms with van der Waals surface area (Å²) in [5, 5.41) is 0. The number of hydrogen-bond acceptors (Lipinski definition) is 8. The molecule has 610 valence electrons. The number of unbranched alkanes of at least 4 members (excludes halogenated alkanes) is 60. The maximum atomic E-state index is 12.9. The van der Waals surface area contributed by atoms with Crippen LogP contribution in [0.5, 0.6) is 0 Å². The maximum absolute atomic E-state index is 12.9. The number of phosphoric ester groups is 1. The molecule has 0 rings (SSSR count). The van der Waals surface area contributed by atoms with E-state index in [4.69, 9.17) is 18.5 Å². The lowest BCUT2D eigenvalue weighted by Gasteiger charge is -2.28. The van der Waals surface area contributed by atoms with Gasteiger partial charge in [0.15, 0.2) is 6.10 Å². The van der Waals surface area contributed by atoms with Crippen molar-refractivity contribution in [1.29, 1.82) is 0 Å². The predicted octanol–water partition coefficient (Wildman–Crippen LogP) is 30.3. The molecule has 0 aliphatic rings. The quantitative estimate of drug-likeness (QED) is 0.0195. The van der Waals surface area contributed by atoms with Gasteiger partial charge in [0.1, 0.15) is 19.8 Å². The van der Waals surface area contributed by atoms with Gasteiger partial charge in [0.2, 0.25) is 0 Å². The van der Waals surface area contributed by atoms with E-state index < -0.39 is 26.5 Å².